The molecule has 0 spiro atoms. The molecule has 2 aliphatic rings. The van der Waals surface area contributed by atoms with Crippen LogP contribution in [0.5, 0.6) is 11.5 Å². The van der Waals surface area contributed by atoms with Crippen LogP contribution in [0.15, 0.2) is 66.2 Å². The topological polar surface area (TPSA) is 80.3 Å². The molecule has 1 saturated carbocycles. The Balaban J connectivity index is 1.31. The lowest BCUT2D eigenvalue weighted by Gasteiger charge is -2.33. The van der Waals surface area contributed by atoms with Crippen molar-refractivity contribution in [1.82, 2.24) is 10.2 Å². The molecule has 7 nitrogen and oxygen atoms in total. The van der Waals surface area contributed by atoms with E-state index in [2.05, 4.69) is 11.4 Å². The Kier molecular flexibility index (Phi) is 11.6. The maximum Gasteiger partial charge on any atom is 0.252 e. The van der Waals surface area contributed by atoms with Crippen molar-refractivity contribution >= 4 is 23.1 Å². The van der Waals surface area contributed by atoms with Crippen LogP contribution >= 0.6 is 11.6 Å². The van der Waals surface area contributed by atoms with E-state index in [4.69, 9.17) is 25.8 Å². The number of aliphatic hydroxyl groups is 1. The summed E-state index contributed by atoms with van der Waals surface area (Å²) in [5, 5.41) is 14.4. The van der Waals surface area contributed by atoms with Crippen molar-refractivity contribution in [3.8, 4) is 11.5 Å². The standard InChI is InChI=1S/C37H45ClN2O5/c1-25-6-4-7-26(2)36(25)45-21-20-44-31-14-10-28(11-15-31)32-17-18-39-34(24-41)35(32)37(42)40(30-12-13-30)23-29-22-27(8-5-19-43-3)9-16-33(29)38/h4,6-7,9-11,14-16,22,30,34,39,41H,5,8,12-13,17-21,23-24H2,1-3H3. The number of ether oxygens (including phenoxy) is 3. The van der Waals surface area contributed by atoms with Gasteiger partial charge in [-0.3, -0.25) is 4.79 Å². The second kappa shape index (κ2) is 15.8. The Bertz CT molecular complexity index is 1460. The van der Waals surface area contributed by atoms with Gasteiger partial charge in [-0.2, -0.15) is 0 Å². The summed E-state index contributed by atoms with van der Waals surface area (Å²) in [4.78, 5) is 16.3. The minimum Gasteiger partial charge on any atom is -0.490 e. The second-order valence-electron chi connectivity index (χ2n) is 12.0. The van der Waals surface area contributed by atoms with Gasteiger partial charge in [0.2, 0.25) is 0 Å². The molecule has 3 aromatic rings. The summed E-state index contributed by atoms with van der Waals surface area (Å²) in [6, 6.07) is 19.8. The molecule has 1 unspecified atom stereocenters. The molecule has 5 rings (SSSR count). The molecular weight excluding hydrogens is 588 g/mol. The van der Waals surface area contributed by atoms with E-state index in [1.807, 2.05) is 73.3 Å². The van der Waals surface area contributed by atoms with Crippen molar-refractivity contribution in [1.29, 1.82) is 0 Å². The van der Waals surface area contributed by atoms with Gasteiger partial charge >= 0.3 is 0 Å². The summed E-state index contributed by atoms with van der Waals surface area (Å²) in [5.41, 5.74) is 6.91. The van der Waals surface area contributed by atoms with Crippen molar-refractivity contribution in [3.63, 3.8) is 0 Å². The van der Waals surface area contributed by atoms with Crippen LogP contribution in [-0.4, -0.2) is 68.1 Å². The van der Waals surface area contributed by atoms with Crippen LogP contribution in [0.25, 0.3) is 5.57 Å². The fraction of sp³-hybridized carbons (Fsp3) is 0.432. The summed E-state index contributed by atoms with van der Waals surface area (Å²) in [5.74, 6) is 1.61. The highest BCUT2D eigenvalue weighted by molar-refractivity contribution is 6.31. The SMILES string of the molecule is COCCCc1ccc(Cl)c(CN(C(=O)C2=C(c3ccc(OCCOc4c(C)cccc4C)cc3)CCNC2CO)C2CC2)c1. The monoisotopic (exact) mass is 632 g/mol. The van der Waals surface area contributed by atoms with Gasteiger partial charge < -0.3 is 29.5 Å². The van der Waals surface area contributed by atoms with E-state index < -0.39 is 6.04 Å². The predicted molar refractivity (Wildman–Crippen MR) is 179 cm³/mol. The zero-order valence-corrected chi connectivity index (χ0v) is 27.4. The van der Waals surface area contributed by atoms with Crippen molar-refractivity contribution in [2.45, 2.75) is 64.6 Å². The van der Waals surface area contributed by atoms with Gasteiger partial charge in [-0.05, 0) is 104 Å². The van der Waals surface area contributed by atoms with E-state index in [1.54, 1.807) is 7.11 Å². The second-order valence-corrected chi connectivity index (χ2v) is 12.4. The Labute approximate surface area is 272 Å². The third kappa shape index (κ3) is 8.47. The average Bonchev–Trinajstić information content (AvgIpc) is 3.89. The van der Waals surface area contributed by atoms with Gasteiger partial charge in [0.15, 0.2) is 0 Å². The van der Waals surface area contributed by atoms with E-state index in [-0.39, 0.29) is 18.6 Å². The molecule has 1 aliphatic carbocycles. The Morgan fingerprint density at radius 1 is 1.00 bits per heavy atom. The molecule has 1 aliphatic heterocycles. The molecule has 0 aromatic heterocycles. The Morgan fingerprint density at radius 2 is 1.73 bits per heavy atom. The van der Waals surface area contributed by atoms with Crippen LogP contribution in [0, 0.1) is 13.8 Å². The first-order valence-electron chi connectivity index (χ1n) is 16.0. The number of nitrogens with zero attached hydrogens (tertiary/aromatic N) is 1. The lowest BCUT2D eigenvalue weighted by atomic mass is 9.88. The third-order valence-electron chi connectivity index (χ3n) is 8.58. The number of benzene rings is 3. The van der Waals surface area contributed by atoms with Gasteiger partial charge in [-0.25, -0.2) is 0 Å². The highest BCUT2D eigenvalue weighted by Crippen LogP contribution is 2.36. The molecule has 0 saturated heterocycles. The van der Waals surface area contributed by atoms with Crippen LogP contribution < -0.4 is 14.8 Å². The van der Waals surface area contributed by atoms with Gasteiger partial charge in [0.25, 0.3) is 5.91 Å². The molecule has 1 atom stereocenters. The first-order valence-corrected chi connectivity index (χ1v) is 16.3. The molecular formula is C37H45ClN2O5. The molecule has 240 valence electrons. The molecule has 1 fully saturated rings. The largest absolute Gasteiger partial charge is 0.490 e. The first-order chi connectivity index (χ1) is 21.9. The Hall–Kier alpha value is -3.36. The van der Waals surface area contributed by atoms with E-state index in [9.17, 15) is 9.90 Å². The number of aryl methyl sites for hydroxylation is 3. The molecule has 8 heteroatoms. The minimum absolute atomic E-state index is 0.0384. The van der Waals surface area contributed by atoms with Crippen LogP contribution in [0.2, 0.25) is 5.02 Å². The third-order valence-corrected chi connectivity index (χ3v) is 8.94. The van der Waals surface area contributed by atoms with Crippen molar-refractivity contribution in [2.24, 2.45) is 0 Å². The summed E-state index contributed by atoms with van der Waals surface area (Å²) in [6.45, 7) is 6.61. The number of carbonyl (C=O) groups is 1. The van der Waals surface area contributed by atoms with Crippen LogP contribution in [0.1, 0.15) is 53.5 Å². The number of aliphatic hydroxyl groups excluding tert-OH is 1. The van der Waals surface area contributed by atoms with Crippen molar-refractivity contribution < 1.29 is 24.1 Å². The Morgan fingerprint density at radius 3 is 2.42 bits per heavy atom. The number of hydrogen-bond acceptors (Lipinski definition) is 6. The molecule has 1 heterocycles. The fourth-order valence-corrected chi connectivity index (χ4v) is 6.23. The number of amides is 1. The molecule has 2 N–H and O–H groups in total. The number of rotatable bonds is 15. The number of hydrogen-bond donors (Lipinski definition) is 2. The zero-order chi connectivity index (χ0) is 31.8. The maximum atomic E-state index is 14.4. The summed E-state index contributed by atoms with van der Waals surface area (Å²) >= 11 is 6.66. The van der Waals surface area contributed by atoms with E-state index in [1.165, 1.54) is 5.56 Å². The van der Waals surface area contributed by atoms with Crippen molar-refractivity contribution in [2.75, 3.05) is 40.1 Å². The minimum atomic E-state index is -0.434. The molecule has 0 bridgehead atoms. The predicted octanol–water partition coefficient (Wildman–Crippen LogP) is 6.29. The smallest absolute Gasteiger partial charge is 0.252 e. The first kappa shape index (κ1) is 33.0. The number of carbonyl (C=O) groups excluding carboxylic acids is 1. The van der Waals surface area contributed by atoms with Crippen LogP contribution in [0.3, 0.4) is 0 Å². The van der Waals surface area contributed by atoms with Gasteiger partial charge in [0, 0.05) is 36.9 Å². The summed E-state index contributed by atoms with van der Waals surface area (Å²) < 4.78 is 17.2. The van der Waals surface area contributed by atoms with Crippen LogP contribution in [-0.2, 0) is 22.5 Å². The number of nitrogens with one attached hydrogen (secondary N) is 1. The normalized spacial score (nSPS) is 16.5. The van der Waals surface area contributed by atoms with E-state index in [0.29, 0.717) is 49.9 Å². The number of methoxy groups -OCH3 is 1. The van der Waals surface area contributed by atoms with E-state index >= 15 is 0 Å². The van der Waals surface area contributed by atoms with Gasteiger partial charge in [-0.15, -0.1) is 0 Å². The zero-order valence-electron chi connectivity index (χ0n) is 26.6. The summed E-state index contributed by atoms with van der Waals surface area (Å²) in [6.07, 6.45) is 4.44. The molecule has 45 heavy (non-hydrogen) atoms. The summed E-state index contributed by atoms with van der Waals surface area (Å²) in [7, 11) is 1.71. The fourth-order valence-electron chi connectivity index (χ4n) is 6.05. The molecule has 3 aromatic carbocycles. The number of halogens is 1. The maximum absolute atomic E-state index is 14.4. The van der Waals surface area contributed by atoms with Crippen molar-refractivity contribution in [3.05, 3.63) is 99.1 Å². The quantitative estimate of drug-likeness (QED) is 0.192. The highest BCUT2D eigenvalue weighted by atomic mass is 35.5. The van der Waals surface area contributed by atoms with Gasteiger partial charge in [-0.1, -0.05) is 54.1 Å². The lowest BCUT2D eigenvalue weighted by Crippen LogP contribution is -2.46. The molecule has 0 radical (unpaired) electrons. The number of para-hydroxylation sites is 1. The average molecular weight is 633 g/mol. The van der Waals surface area contributed by atoms with E-state index in [0.717, 1.165) is 65.0 Å². The molecule has 1 amide bonds. The van der Waals surface area contributed by atoms with Crippen LogP contribution in [0.4, 0.5) is 0 Å². The lowest BCUT2D eigenvalue weighted by molar-refractivity contribution is -0.128. The van der Waals surface area contributed by atoms with Gasteiger partial charge in [0.1, 0.15) is 24.7 Å². The highest BCUT2D eigenvalue weighted by Gasteiger charge is 2.38. The van der Waals surface area contributed by atoms with Gasteiger partial charge in [0.05, 0.1) is 12.6 Å².